The largest absolute Gasteiger partial charge is 0.489 e. The summed E-state index contributed by atoms with van der Waals surface area (Å²) in [5, 5.41) is 3.09. The molecule has 100 valence electrons. The fraction of sp³-hybridized carbons (Fsp3) is 0.200. The monoisotopic (exact) mass is 323 g/mol. The van der Waals surface area contributed by atoms with E-state index in [0.29, 0.717) is 6.61 Å². The van der Waals surface area contributed by atoms with E-state index < -0.39 is 0 Å². The first-order chi connectivity index (χ1) is 9.17. The van der Waals surface area contributed by atoms with E-state index >= 15 is 0 Å². The normalized spacial score (nSPS) is 10.5. The molecule has 0 radical (unpaired) electrons. The molecule has 0 atom stereocenters. The highest BCUT2D eigenvalue weighted by molar-refractivity contribution is 9.10. The molecule has 19 heavy (non-hydrogen) atoms. The van der Waals surface area contributed by atoms with Gasteiger partial charge in [0.05, 0.1) is 0 Å². The van der Waals surface area contributed by atoms with Crippen LogP contribution in [0.15, 0.2) is 46.9 Å². The van der Waals surface area contributed by atoms with Gasteiger partial charge in [0.15, 0.2) is 0 Å². The van der Waals surface area contributed by atoms with Crippen LogP contribution in [0.3, 0.4) is 0 Å². The van der Waals surface area contributed by atoms with Crippen molar-refractivity contribution in [3.63, 3.8) is 0 Å². The first-order valence-electron chi connectivity index (χ1n) is 5.98. The van der Waals surface area contributed by atoms with Crippen molar-refractivity contribution in [2.24, 2.45) is 0 Å². The lowest BCUT2D eigenvalue weighted by Gasteiger charge is -2.08. The fourth-order valence-electron chi connectivity index (χ4n) is 1.77. The maximum atomic E-state index is 13.2. The SMILES string of the molecule is CNCc1ccc(OCc2cc(F)cc(Br)c2)cc1. The summed E-state index contributed by atoms with van der Waals surface area (Å²) >= 11 is 3.26. The molecule has 0 saturated heterocycles. The van der Waals surface area contributed by atoms with E-state index in [9.17, 15) is 4.39 Å². The van der Waals surface area contributed by atoms with Gasteiger partial charge >= 0.3 is 0 Å². The zero-order chi connectivity index (χ0) is 13.7. The van der Waals surface area contributed by atoms with Crippen LogP contribution in [0.25, 0.3) is 0 Å². The van der Waals surface area contributed by atoms with E-state index in [4.69, 9.17) is 4.74 Å². The van der Waals surface area contributed by atoms with Gasteiger partial charge in [-0.15, -0.1) is 0 Å². The standard InChI is InChI=1S/C15H15BrFNO/c1-18-9-11-2-4-15(5-3-11)19-10-12-6-13(16)8-14(17)7-12/h2-8,18H,9-10H2,1H3. The molecule has 2 aromatic rings. The van der Waals surface area contributed by atoms with Crippen LogP contribution < -0.4 is 10.1 Å². The molecule has 0 aliphatic heterocycles. The predicted octanol–water partition coefficient (Wildman–Crippen LogP) is 3.89. The van der Waals surface area contributed by atoms with Crippen LogP contribution >= 0.6 is 15.9 Å². The molecule has 0 unspecified atom stereocenters. The van der Waals surface area contributed by atoms with E-state index in [1.165, 1.54) is 17.7 Å². The molecule has 1 N–H and O–H groups in total. The van der Waals surface area contributed by atoms with Crippen LogP contribution in [0.1, 0.15) is 11.1 Å². The topological polar surface area (TPSA) is 21.3 Å². The van der Waals surface area contributed by atoms with Gasteiger partial charge in [0.2, 0.25) is 0 Å². The zero-order valence-electron chi connectivity index (χ0n) is 10.6. The van der Waals surface area contributed by atoms with Crippen LogP contribution in [0.4, 0.5) is 4.39 Å². The highest BCUT2D eigenvalue weighted by Gasteiger charge is 2.01. The molecular weight excluding hydrogens is 309 g/mol. The Bertz CT molecular complexity index is 522. The van der Waals surface area contributed by atoms with Gasteiger partial charge in [0, 0.05) is 11.0 Å². The molecule has 0 spiro atoms. The van der Waals surface area contributed by atoms with E-state index in [-0.39, 0.29) is 5.82 Å². The molecule has 0 saturated carbocycles. The highest BCUT2D eigenvalue weighted by atomic mass is 79.9. The minimum atomic E-state index is -0.266. The van der Waals surface area contributed by atoms with Gasteiger partial charge in [0.1, 0.15) is 18.2 Å². The summed E-state index contributed by atoms with van der Waals surface area (Å²) in [4.78, 5) is 0. The minimum absolute atomic E-state index is 0.266. The van der Waals surface area contributed by atoms with Gasteiger partial charge in [-0.2, -0.15) is 0 Å². The highest BCUT2D eigenvalue weighted by Crippen LogP contribution is 2.18. The Morgan fingerprint density at radius 2 is 1.84 bits per heavy atom. The van der Waals surface area contributed by atoms with E-state index in [1.807, 2.05) is 37.4 Å². The van der Waals surface area contributed by atoms with E-state index in [1.54, 1.807) is 0 Å². The van der Waals surface area contributed by atoms with Crippen molar-refractivity contribution in [3.05, 3.63) is 63.9 Å². The summed E-state index contributed by atoms with van der Waals surface area (Å²) in [6.45, 7) is 1.18. The van der Waals surface area contributed by atoms with Crippen LogP contribution in [-0.2, 0) is 13.2 Å². The van der Waals surface area contributed by atoms with Crippen LogP contribution in [0.5, 0.6) is 5.75 Å². The molecule has 2 rings (SSSR count). The first kappa shape index (κ1) is 14.0. The molecule has 2 aromatic carbocycles. The predicted molar refractivity (Wildman–Crippen MR) is 77.6 cm³/mol. The van der Waals surface area contributed by atoms with Crippen molar-refractivity contribution in [3.8, 4) is 5.75 Å². The average Bonchev–Trinajstić information content (AvgIpc) is 2.37. The Morgan fingerprint density at radius 3 is 2.47 bits per heavy atom. The van der Waals surface area contributed by atoms with Crippen molar-refractivity contribution in [2.75, 3.05) is 7.05 Å². The molecule has 0 heterocycles. The van der Waals surface area contributed by atoms with Crippen molar-refractivity contribution >= 4 is 15.9 Å². The van der Waals surface area contributed by atoms with Gasteiger partial charge in [-0.05, 0) is 48.5 Å². The number of rotatable bonds is 5. The van der Waals surface area contributed by atoms with Crippen molar-refractivity contribution in [1.29, 1.82) is 0 Å². The third-order valence-electron chi connectivity index (χ3n) is 2.63. The Kier molecular flexibility index (Phi) is 4.93. The van der Waals surface area contributed by atoms with Gasteiger partial charge < -0.3 is 10.1 Å². The molecular formula is C15H15BrFNO. The van der Waals surface area contributed by atoms with Crippen molar-refractivity contribution in [1.82, 2.24) is 5.32 Å². The van der Waals surface area contributed by atoms with Gasteiger partial charge in [-0.25, -0.2) is 4.39 Å². The molecule has 0 aliphatic carbocycles. The maximum absolute atomic E-state index is 13.2. The zero-order valence-corrected chi connectivity index (χ0v) is 12.2. The van der Waals surface area contributed by atoms with Crippen LogP contribution in [0, 0.1) is 5.82 Å². The molecule has 0 aliphatic rings. The summed E-state index contributed by atoms with van der Waals surface area (Å²) in [6, 6.07) is 12.6. The Balaban J connectivity index is 1.98. The second-order valence-electron chi connectivity index (χ2n) is 4.24. The van der Waals surface area contributed by atoms with Gasteiger partial charge in [0.25, 0.3) is 0 Å². The van der Waals surface area contributed by atoms with Gasteiger partial charge in [-0.1, -0.05) is 28.1 Å². The molecule has 0 fully saturated rings. The third-order valence-corrected chi connectivity index (χ3v) is 3.09. The maximum Gasteiger partial charge on any atom is 0.124 e. The number of ether oxygens (including phenoxy) is 1. The minimum Gasteiger partial charge on any atom is -0.489 e. The van der Waals surface area contributed by atoms with Gasteiger partial charge in [-0.3, -0.25) is 0 Å². The lowest BCUT2D eigenvalue weighted by atomic mass is 10.2. The number of nitrogens with one attached hydrogen (secondary N) is 1. The lowest BCUT2D eigenvalue weighted by molar-refractivity contribution is 0.305. The van der Waals surface area contributed by atoms with E-state index in [2.05, 4.69) is 21.2 Å². The summed E-state index contributed by atoms with van der Waals surface area (Å²) in [6.07, 6.45) is 0. The van der Waals surface area contributed by atoms with Crippen molar-refractivity contribution in [2.45, 2.75) is 13.2 Å². The van der Waals surface area contributed by atoms with Crippen LogP contribution in [-0.4, -0.2) is 7.05 Å². The summed E-state index contributed by atoms with van der Waals surface area (Å²) in [5.41, 5.74) is 1.99. The average molecular weight is 324 g/mol. The Hall–Kier alpha value is -1.39. The molecule has 0 aromatic heterocycles. The summed E-state index contributed by atoms with van der Waals surface area (Å²) in [5.74, 6) is 0.512. The van der Waals surface area contributed by atoms with E-state index in [0.717, 1.165) is 22.3 Å². The third kappa shape index (κ3) is 4.33. The summed E-state index contributed by atoms with van der Waals surface area (Å²) in [7, 11) is 1.91. The second-order valence-corrected chi connectivity index (χ2v) is 5.16. The Morgan fingerprint density at radius 1 is 1.11 bits per heavy atom. The number of hydrogen-bond acceptors (Lipinski definition) is 2. The van der Waals surface area contributed by atoms with Crippen LogP contribution in [0.2, 0.25) is 0 Å². The second kappa shape index (κ2) is 6.68. The summed E-state index contributed by atoms with van der Waals surface area (Å²) < 4.78 is 19.5. The number of benzene rings is 2. The Labute approximate surface area is 120 Å². The quantitative estimate of drug-likeness (QED) is 0.901. The number of halogens is 2. The number of hydrogen-bond donors (Lipinski definition) is 1. The molecule has 2 nitrogen and oxygen atoms in total. The smallest absolute Gasteiger partial charge is 0.124 e. The first-order valence-corrected chi connectivity index (χ1v) is 6.78. The molecule has 4 heteroatoms. The molecule has 0 bridgehead atoms. The lowest BCUT2D eigenvalue weighted by Crippen LogP contribution is -2.04. The fourth-order valence-corrected chi connectivity index (χ4v) is 2.28. The molecule has 0 amide bonds. The van der Waals surface area contributed by atoms with Crippen molar-refractivity contribution < 1.29 is 9.13 Å².